The highest BCUT2D eigenvalue weighted by molar-refractivity contribution is 5.90. The number of hydrogen-bond acceptors (Lipinski definition) is 6. The molecule has 2 saturated heterocycles. The van der Waals surface area contributed by atoms with Crippen molar-refractivity contribution in [3.8, 4) is 0 Å². The van der Waals surface area contributed by atoms with Gasteiger partial charge in [0, 0.05) is 6.04 Å². The summed E-state index contributed by atoms with van der Waals surface area (Å²) in [6.07, 6.45) is 6.90. The van der Waals surface area contributed by atoms with Crippen LogP contribution < -0.4 is 16.8 Å². The monoisotopic (exact) mass is 472 g/mol. The van der Waals surface area contributed by atoms with E-state index >= 15 is 0 Å². The zero-order chi connectivity index (χ0) is 24.5. The Morgan fingerprint density at radius 1 is 1.06 bits per heavy atom. The number of piperidine rings is 2. The van der Waals surface area contributed by atoms with Crippen LogP contribution in [0.2, 0.25) is 0 Å². The van der Waals surface area contributed by atoms with E-state index in [-0.39, 0.29) is 30.4 Å². The van der Waals surface area contributed by atoms with E-state index in [4.69, 9.17) is 16.2 Å². The van der Waals surface area contributed by atoms with Gasteiger partial charge in [0.25, 0.3) is 0 Å². The molecule has 188 valence electrons. The molecule has 1 aromatic rings. The molecule has 8 heteroatoms. The fraction of sp³-hybridized carbons (Fsp3) is 0.654. The number of nitrogens with zero attached hydrogens (tertiary/aromatic N) is 1. The van der Waals surface area contributed by atoms with Crippen LogP contribution in [-0.4, -0.2) is 60.0 Å². The van der Waals surface area contributed by atoms with Crippen LogP contribution in [0.4, 0.5) is 0 Å². The van der Waals surface area contributed by atoms with Crippen LogP contribution in [0.3, 0.4) is 0 Å². The van der Waals surface area contributed by atoms with Crippen molar-refractivity contribution in [1.29, 1.82) is 0 Å². The van der Waals surface area contributed by atoms with Crippen LogP contribution in [0.15, 0.2) is 30.3 Å². The molecule has 3 aliphatic rings. The summed E-state index contributed by atoms with van der Waals surface area (Å²) in [7, 11) is 0. The molecule has 0 aromatic heterocycles. The third kappa shape index (κ3) is 6.57. The maximum Gasteiger partial charge on any atom is 0.323 e. The molecule has 3 atom stereocenters. The van der Waals surface area contributed by atoms with Crippen molar-refractivity contribution in [2.75, 3.05) is 13.2 Å². The molecule has 2 heterocycles. The molecule has 2 amide bonds. The van der Waals surface area contributed by atoms with E-state index in [2.05, 4.69) is 5.32 Å². The largest absolute Gasteiger partial charge is 0.465 e. The number of nitrogens with one attached hydrogen (secondary N) is 1. The van der Waals surface area contributed by atoms with E-state index in [1.54, 1.807) is 11.8 Å². The van der Waals surface area contributed by atoms with Gasteiger partial charge in [-0.15, -0.1) is 0 Å². The van der Waals surface area contributed by atoms with E-state index in [1.807, 2.05) is 30.3 Å². The van der Waals surface area contributed by atoms with Crippen LogP contribution in [0.1, 0.15) is 63.9 Å². The molecule has 1 saturated carbocycles. The van der Waals surface area contributed by atoms with Gasteiger partial charge in [-0.2, -0.15) is 0 Å². The lowest BCUT2D eigenvalue weighted by molar-refractivity contribution is -0.155. The van der Waals surface area contributed by atoms with Crippen LogP contribution in [0.25, 0.3) is 0 Å². The van der Waals surface area contributed by atoms with Crippen molar-refractivity contribution in [3.63, 3.8) is 0 Å². The first-order chi connectivity index (χ1) is 16.5. The third-order valence-corrected chi connectivity index (χ3v) is 7.21. The number of esters is 1. The summed E-state index contributed by atoms with van der Waals surface area (Å²) in [5.74, 6) is -0.810. The van der Waals surface area contributed by atoms with Crippen molar-refractivity contribution in [2.45, 2.75) is 88.9 Å². The van der Waals surface area contributed by atoms with Gasteiger partial charge in [0.05, 0.1) is 12.6 Å². The van der Waals surface area contributed by atoms with Crippen LogP contribution >= 0.6 is 0 Å². The van der Waals surface area contributed by atoms with Gasteiger partial charge >= 0.3 is 5.97 Å². The molecule has 1 aliphatic carbocycles. The van der Waals surface area contributed by atoms with Crippen molar-refractivity contribution in [2.24, 2.45) is 17.4 Å². The SMILES string of the molecule is CCOC(=O)[C@H](CCc1ccccc1)NC(CCCCN)C(=O)N1C2CCC(CC2)[C@H]1C(N)=O. The fourth-order valence-corrected chi connectivity index (χ4v) is 5.50. The zero-order valence-corrected chi connectivity index (χ0v) is 20.3. The molecule has 8 nitrogen and oxygen atoms in total. The maximum absolute atomic E-state index is 13.9. The molecule has 5 N–H and O–H groups in total. The number of primary amides is 1. The summed E-state index contributed by atoms with van der Waals surface area (Å²) >= 11 is 0. The Balaban J connectivity index is 1.79. The minimum absolute atomic E-state index is 0.0270. The summed E-state index contributed by atoms with van der Waals surface area (Å²) in [5, 5.41) is 3.33. The molecular weight excluding hydrogens is 432 g/mol. The molecule has 1 aromatic carbocycles. The number of unbranched alkanes of at least 4 members (excludes halogenated alkanes) is 1. The first kappa shape index (κ1) is 26.2. The van der Waals surface area contributed by atoms with Crippen molar-refractivity contribution >= 4 is 17.8 Å². The first-order valence-corrected chi connectivity index (χ1v) is 12.7. The highest BCUT2D eigenvalue weighted by Crippen LogP contribution is 2.40. The zero-order valence-electron chi connectivity index (χ0n) is 20.3. The van der Waals surface area contributed by atoms with E-state index in [0.717, 1.165) is 44.1 Å². The lowest BCUT2D eigenvalue weighted by atomic mass is 9.74. The number of hydrogen-bond donors (Lipinski definition) is 3. The summed E-state index contributed by atoms with van der Waals surface area (Å²) in [4.78, 5) is 40.8. The molecule has 2 aliphatic heterocycles. The standard InChI is InChI=1S/C26H40N4O4/c1-2-34-26(33)22(16-11-18-8-4-3-5-9-18)29-21(10-6-7-17-27)25(32)30-20-14-12-19(13-15-20)23(30)24(28)31/h3-5,8-9,19-23,29H,2,6-7,10-17,27H2,1H3,(H2,28,31)/t19?,20?,21?,22-,23-/m0/s1. The van der Waals surface area contributed by atoms with Gasteiger partial charge in [-0.3, -0.25) is 19.7 Å². The van der Waals surface area contributed by atoms with Gasteiger partial charge < -0.3 is 21.1 Å². The maximum atomic E-state index is 13.9. The third-order valence-electron chi connectivity index (χ3n) is 7.21. The summed E-state index contributed by atoms with van der Waals surface area (Å²) < 4.78 is 5.33. The number of amides is 2. The highest BCUT2D eigenvalue weighted by atomic mass is 16.5. The number of fused-ring (bicyclic) bond motifs is 3. The number of aryl methyl sites for hydroxylation is 1. The van der Waals surface area contributed by atoms with Gasteiger partial charge in [0.1, 0.15) is 12.1 Å². The van der Waals surface area contributed by atoms with E-state index in [1.165, 1.54) is 0 Å². The predicted octanol–water partition coefficient (Wildman–Crippen LogP) is 1.89. The molecule has 2 bridgehead atoms. The Kier molecular flexibility index (Phi) is 9.89. The lowest BCUT2D eigenvalue weighted by Gasteiger charge is -2.51. The Labute approximate surface area is 202 Å². The highest BCUT2D eigenvalue weighted by Gasteiger charge is 2.48. The summed E-state index contributed by atoms with van der Waals surface area (Å²) in [6, 6.07) is 8.18. The molecule has 0 radical (unpaired) electrons. The van der Waals surface area contributed by atoms with E-state index in [0.29, 0.717) is 25.8 Å². The molecule has 4 rings (SSSR count). The smallest absolute Gasteiger partial charge is 0.323 e. The van der Waals surface area contributed by atoms with Gasteiger partial charge in [-0.05, 0) is 76.3 Å². The minimum atomic E-state index is -0.624. The first-order valence-electron chi connectivity index (χ1n) is 12.7. The Morgan fingerprint density at radius 3 is 2.38 bits per heavy atom. The second-order valence-corrected chi connectivity index (χ2v) is 9.49. The topological polar surface area (TPSA) is 128 Å². The van der Waals surface area contributed by atoms with Crippen molar-refractivity contribution in [1.82, 2.24) is 10.2 Å². The second-order valence-electron chi connectivity index (χ2n) is 9.49. The summed E-state index contributed by atoms with van der Waals surface area (Å²) in [6.45, 7) is 2.58. The molecule has 0 spiro atoms. The van der Waals surface area contributed by atoms with Gasteiger partial charge in [-0.1, -0.05) is 36.8 Å². The minimum Gasteiger partial charge on any atom is -0.465 e. The Bertz CT molecular complexity index is 810. The number of ether oxygens (including phenoxy) is 1. The number of carbonyl (C=O) groups is 3. The number of rotatable bonds is 13. The van der Waals surface area contributed by atoms with Crippen molar-refractivity contribution in [3.05, 3.63) is 35.9 Å². The summed E-state index contributed by atoms with van der Waals surface area (Å²) in [5.41, 5.74) is 12.6. The Morgan fingerprint density at radius 2 is 1.76 bits per heavy atom. The van der Waals surface area contributed by atoms with E-state index in [9.17, 15) is 14.4 Å². The normalized spacial score (nSPS) is 23.4. The van der Waals surface area contributed by atoms with Gasteiger partial charge in [-0.25, -0.2) is 0 Å². The lowest BCUT2D eigenvalue weighted by Crippen LogP contribution is -2.65. The van der Waals surface area contributed by atoms with Crippen LogP contribution in [0.5, 0.6) is 0 Å². The molecule has 1 unspecified atom stereocenters. The second kappa shape index (κ2) is 12.9. The predicted molar refractivity (Wildman–Crippen MR) is 131 cm³/mol. The number of benzene rings is 1. The molecule has 34 heavy (non-hydrogen) atoms. The quantitative estimate of drug-likeness (QED) is 0.297. The number of nitrogens with two attached hydrogens (primary N) is 2. The Hall–Kier alpha value is -2.45. The fourth-order valence-electron chi connectivity index (χ4n) is 5.50. The van der Waals surface area contributed by atoms with E-state index < -0.39 is 24.0 Å². The number of carbonyl (C=O) groups excluding carboxylic acids is 3. The van der Waals surface area contributed by atoms with Crippen LogP contribution in [-0.2, 0) is 25.5 Å². The average molecular weight is 473 g/mol. The van der Waals surface area contributed by atoms with Crippen molar-refractivity contribution < 1.29 is 19.1 Å². The molecule has 3 fully saturated rings. The van der Waals surface area contributed by atoms with Crippen LogP contribution in [0, 0.1) is 5.92 Å². The van der Waals surface area contributed by atoms with Gasteiger partial charge in [0.15, 0.2) is 0 Å². The molecular formula is C26H40N4O4. The average Bonchev–Trinajstić information content (AvgIpc) is 2.86. The van der Waals surface area contributed by atoms with Gasteiger partial charge in [0.2, 0.25) is 11.8 Å².